The van der Waals surface area contributed by atoms with E-state index >= 15 is 0 Å². The third kappa shape index (κ3) is 3.26. The summed E-state index contributed by atoms with van der Waals surface area (Å²) in [6, 6.07) is 10.0. The van der Waals surface area contributed by atoms with E-state index in [1.54, 1.807) is 38.1 Å². The highest BCUT2D eigenvalue weighted by atomic mass is 19.4. The molecule has 4 nitrogen and oxygen atoms in total. The molecule has 1 atom stereocenters. The topological polar surface area (TPSA) is 61.6 Å². The molecule has 1 unspecified atom stereocenters. The van der Waals surface area contributed by atoms with Crippen LogP contribution in [0.5, 0.6) is 5.75 Å². The summed E-state index contributed by atoms with van der Waals surface area (Å²) in [5.74, 6) is 0.450. The quantitative estimate of drug-likeness (QED) is 0.854. The average Bonchev–Trinajstić information content (AvgIpc) is 2.76. The second kappa shape index (κ2) is 5.68. The van der Waals surface area contributed by atoms with Crippen LogP contribution in [0.2, 0.25) is 0 Å². The number of nitrogens with two attached hydrogens (primary N) is 1. The fourth-order valence-corrected chi connectivity index (χ4v) is 2.93. The standard InChI is InChI=1S/C18H16F3NO3/c1-17(2)15(24-16(22)23)13-7-6-11(9-14(13)25-17)10-4-3-5-12(8-10)18(19,20)21/h3-9,15H,1-2H3,(H2,22,23). The molecule has 1 aliphatic heterocycles. The van der Waals surface area contributed by atoms with Crippen LogP contribution in [-0.2, 0) is 10.9 Å². The van der Waals surface area contributed by atoms with Crippen molar-refractivity contribution in [1.82, 2.24) is 0 Å². The number of halogens is 3. The van der Waals surface area contributed by atoms with Crippen LogP contribution in [0, 0.1) is 0 Å². The van der Waals surface area contributed by atoms with E-state index < -0.39 is 29.5 Å². The van der Waals surface area contributed by atoms with Crippen LogP contribution < -0.4 is 10.5 Å². The van der Waals surface area contributed by atoms with Crippen molar-refractivity contribution in [3.05, 3.63) is 53.6 Å². The van der Waals surface area contributed by atoms with Crippen LogP contribution in [0.4, 0.5) is 18.0 Å². The van der Waals surface area contributed by atoms with Gasteiger partial charge in [0.1, 0.15) is 11.4 Å². The summed E-state index contributed by atoms with van der Waals surface area (Å²) in [6.45, 7) is 3.48. The molecular weight excluding hydrogens is 335 g/mol. The van der Waals surface area contributed by atoms with Gasteiger partial charge in [0.05, 0.1) is 5.56 Å². The van der Waals surface area contributed by atoms with Crippen molar-refractivity contribution in [3.8, 4) is 16.9 Å². The predicted octanol–water partition coefficient (Wildman–Crippen LogP) is 4.68. The maximum Gasteiger partial charge on any atom is 0.416 e. The minimum absolute atomic E-state index is 0.415. The summed E-state index contributed by atoms with van der Waals surface area (Å²) < 4.78 is 49.6. The second-order valence-corrected chi connectivity index (χ2v) is 6.35. The number of carbonyl (C=O) groups excluding carboxylic acids is 1. The van der Waals surface area contributed by atoms with Gasteiger partial charge in [0.25, 0.3) is 0 Å². The number of ether oxygens (including phenoxy) is 2. The molecule has 0 saturated heterocycles. The lowest BCUT2D eigenvalue weighted by Crippen LogP contribution is -2.34. The summed E-state index contributed by atoms with van der Waals surface area (Å²) in [5.41, 5.74) is 5.16. The van der Waals surface area contributed by atoms with Gasteiger partial charge in [0.15, 0.2) is 6.10 Å². The van der Waals surface area contributed by atoms with E-state index in [0.29, 0.717) is 22.4 Å². The largest absolute Gasteiger partial charge is 0.483 e. The predicted molar refractivity (Wildman–Crippen MR) is 85.0 cm³/mol. The molecule has 3 rings (SSSR count). The average molecular weight is 351 g/mol. The van der Waals surface area contributed by atoms with Crippen molar-refractivity contribution in [2.75, 3.05) is 0 Å². The molecular formula is C18H16F3NO3. The van der Waals surface area contributed by atoms with Gasteiger partial charge in [-0.25, -0.2) is 4.79 Å². The molecule has 7 heteroatoms. The van der Waals surface area contributed by atoms with Crippen molar-refractivity contribution >= 4 is 6.09 Å². The zero-order valence-electron chi connectivity index (χ0n) is 13.6. The first-order chi connectivity index (χ1) is 11.6. The van der Waals surface area contributed by atoms with E-state index in [2.05, 4.69) is 0 Å². The van der Waals surface area contributed by atoms with Gasteiger partial charge >= 0.3 is 12.3 Å². The Labute approximate surface area is 142 Å². The number of benzene rings is 2. The van der Waals surface area contributed by atoms with E-state index in [-0.39, 0.29) is 0 Å². The maximum absolute atomic E-state index is 12.9. The number of primary amides is 1. The van der Waals surface area contributed by atoms with Crippen molar-refractivity contribution in [1.29, 1.82) is 0 Å². The summed E-state index contributed by atoms with van der Waals surface area (Å²) >= 11 is 0. The molecule has 132 valence electrons. The maximum atomic E-state index is 12.9. The van der Waals surface area contributed by atoms with E-state index in [9.17, 15) is 18.0 Å². The molecule has 1 amide bonds. The van der Waals surface area contributed by atoms with Crippen LogP contribution >= 0.6 is 0 Å². The van der Waals surface area contributed by atoms with Crippen LogP contribution in [0.15, 0.2) is 42.5 Å². The lowest BCUT2D eigenvalue weighted by molar-refractivity contribution is -0.137. The van der Waals surface area contributed by atoms with E-state index in [4.69, 9.17) is 15.2 Å². The van der Waals surface area contributed by atoms with Gasteiger partial charge in [0.2, 0.25) is 0 Å². The minimum atomic E-state index is -4.41. The number of hydrogen-bond donors (Lipinski definition) is 1. The molecule has 2 N–H and O–H groups in total. The number of alkyl halides is 3. The Balaban J connectivity index is 2.00. The Bertz CT molecular complexity index is 831. The smallest absolute Gasteiger partial charge is 0.416 e. The van der Waals surface area contributed by atoms with E-state index in [1.165, 1.54) is 6.07 Å². The molecule has 0 spiro atoms. The van der Waals surface area contributed by atoms with Gasteiger partial charge in [0, 0.05) is 5.56 Å². The molecule has 0 radical (unpaired) electrons. The lowest BCUT2D eigenvalue weighted by Gasteiger charge is -2.25. The Morgan fingerprint density at radius 2 is 1.84 bits per heavy atom. The second-order valence-electron chi connectivity index (χ2n) is 6.35. The Morgan fingerprint density at radius 1 is 1.16 bits per heavy atom. The van der Waals surface area contributed by atoms with Crippen LogP contribution in [0.3, 0.4) is 0 Å². The summed E-state index contributed by atoms with van der Waals surface area (Å²) in [6.07, 6.45) is -6.02. The highest BCUT2D eigenvalue weighted by Crippen LogP contribution is 2.46. The number of hydrogen-bond acceptors (Lipinski definition) is 3. The van der Waals surface area contributed by atoms with Crippen molar-refractivity contribution < 1.29 is 27.4 Å². The van der Waals surface area contributed by atoms with Gasteiger partial charge < -0.3 is 15.2 Å². The third-order valence-electron chi connectivity index (χ3n) is 4.06. The molecule has 2 aromatic rings. The highest BCUT2D eigenvalue weighted by Gasteiger charge is 2.44. The van der Waals surface area contributed by atoms with Crippen molar-refractivity contribution in [2.45, 2.75) is 31.7 Å². The first-order valence-electron chi connectivity index (χ1n) is 7.54. The highest BCUT2D eigenvalue weighted by molar-refractivity contribution is 5.69. The first kappa shape index (κ1) is 17.1. The fraction of sp³-hybridized carbons (Fsp3) is 0.278. The molecule has 1 heterocycles. The summed E-state index contributed by atoms with van der Waals surface area (Å²) in [5, 5.41) is 0. The monoisotopic (exact) mass is 351 g/mol. The lowest BCUT2D eigenvalue weighted by atomic mass is 9.95. The van der Waals surface area contributed by atoms with Gasteiger partial charge in [-0.3, -0.25) is 0 Å². The van der Waals surface area contributed by atoms with Crippen LogP contribution in [-0.4, -0.2) is 11.7 Å². The Morgan fingerprint density at radius 3 is 2.48 bits per heavy atom. The number of amides is 1. The van der Waals surface area contributed by atoms with Crippen molar-refractivity contribution in [2.24, 2.45) is 5.73 Å². The summed E-state index contributed by atoms with van der Waals surface area (Å²) in [7, 11) is 0. The Hall–Kier alpha value is -2.70. The number of rotatable bonds is 2. The molecule has 0 saturated carbocycles. The fourth-order valence-electron chi connectivity index (χ4n) is 2.93. The van der Waals surface area contributed by atoms with Gasteiger partial charge in [-0.15, -0.1) is 0 Å². The van der Waals surface area contributed by atoms with E-state index in [1.807, 2.05) is 0 Å². The third-order valence-corrected chi connectivity index (χ3v) is 4.06. The Kier molecular flexibility index (Phi) is 3.89. The van der Waals surface area contributed by atoms with E-state index in [0.717, 1.165) is 12.1 Å². The molecule has 0 aromatic heterocycles. The SMILES string of the molecule is CC1(C)Oc2cc(-c3cccc(C(F)(F)F)c3)ccc2C1OC(N)=O. The molecule has 0 aliphatic carbocycles. The molecule has 2 aromatic carbocycles. The van der Waals surface area contributed by atoms with Gasteiger partial charge in [-0.1, -0.05) is 24.3 Å². The van der Waals surface area contributed by atoms with Crippen LogP contribution in [0.25, 0.3) is 11.1 Å². The molecule has 25 heavy (non-hydrogen) atoms. The van der Waals surface area contributed by atoms with Gasteiger partial charge in [-0.05, 0) is 43.2 Å². The summed E-state index contributed by atoms with van der Waals surface area (Å²) in [4.78, 5) is 11.1. The molecule has 0 fully saturated rings. The molecule has 1 aliphatic rings. The normalized spacial score (nSPS) is 18.4. The number of fused-ring (bicyclic) bond motifs is 1. The minimum Gasteiger partial charge on any atom is -0.483 e. The first-order valence-corrected chi connectivity index (χ1v) is 7.54. The van der Waals surface area contributed by atoms with Crippen molar-refractivity contribution in [3.63, 3.8) is 0 Å². The van der Waals surface area contributed by atoms with Crippen LogP contribution in [0.1, 0.15) is 31.1 Å². The van der Waals surface area contributed by atoms with Gasteiger partial charge in [-0.2, -0.15) is 13.2 Å². The zero-order valence-corrected chi connectivity index (χ0v) is 13.6. The zero-order chi connectivity index (χ0) is 18.4. The molecule has 0 bridgehead atoms. The number of carbonyl (C=O) groups is 1.